The topological polar surface area (TPSA) is 81.7 Å². The molecule has 0 spiro atoms. The summed E-state index contributed by atoms with van der Waals surface area (Å²) in [5.41, 5.74) is 1.24. The molecule has 0 unspecified atom stereocenters. The van der Waals surface area contributed by atoms with Gasteiger partial charge in [-0.15, -0.1) is 0 Å². The molecule has 1 aliphatic rings. The fourth-order valence-corrected chi connectivity index (χ4v) is 3.80. The standard InChI is InChI=1S/C18H19NO5S/c1-12(15-5-8-17-18(11-15)24-10-9-23-17)19-25(21,22)16-6-3-14(4-7-16)13(2)20/h3-8,11-12,19H,9-10H2,1-2H3/t12-/m0/s1. The first-order valence-electron chi connectivity index (χ1n) is 7.90. The highest BCUT2D eigenvalue weighted by Gasteiger charge is 2.20. The van der Waals surface area contributed by atoms with Crippen molar-refractivity contribution in [3.63, 3.8) is 0 Å². The van der Waals surface area contributed by atoms with E-state index < -0.39 is 16.1 Å². The van der Waals surface area contributed by atoms with Crippen LogP contribution in [0.5, 0.6) is 11.5 Å². The van der Waals surface area contributed by atoms with Crippen molar-refractivity contribution >= 4 is 15.8 Å². The Balaban J connectivity index is 1.79. The summed E-state index contributed by atoms with van der Waals surface area (Å²) in [6, 6.07) is 10.8. The van der Waals surface area contributed by atoms with E-state index >= 15 is 0 Å². The molecule has 0 aliphatic carbocycles. The first-order chi connectivity index (χ1) is 11.9. The third-order valence-electron chi connectivity index (χ3n) is 3.97. The third-order valence-corrected chi connectivity index (χ3v) is 5.53. The van der Waals surface area contributed by atoms with Crippen LogP contribution in [0, 0.1) is 0 Å². The minimum absolute atomic E-state index is 0.110. The number of ketones is 1. The number of rotatable bonds is 5. The van der Waals surface area contributed by atoms with Gasteiger partial charge in [-0.3, -0.25) is 4.79 Å². The van der Waals surface area contributed by atoms with Crippen molar-refractivity contribution in [2.24, 2.45) is 0 Å². The quantitative estimate of drug-likeness (QED) is 0.828. The van der Waals surface area contributed by atoms with E-state index in [4.69, 9.17) is 9.47 Å². The smallest absolute Gasteiger partial charge is 0.241 e. The molecule has 0 radical (unpaired) electrons. The normalized spacial score (nSPS) is 14.8. The second kappa shape index (κ2) is 6.85. The van der Waals surface area contributed by atoms with Crippen LogP contribution in [0.15, 0.2) is 47.4 Å². The van der Waals surface area contributed by atoms with Gasteiger partial charge in [-0.1, -0.05) is 18.2 Å². The molecule has 0 bridgehead atoms. The zero-order valence-corrected chi connectivity index (χ0v) is 14.8. The number of sulfonamides is 1. The van der Waals surface area contributed by atoms with Gasteiger partial charge in [-0.2, -0.15) is 0 Å². The molecular weight excluding hydrogens is 342 g/mol. The van der Waals surface area contributed by atoms with Crippen LogP contribution in [0.2, 0.25) is 0 Å². The van der Waals surface area contributed by atoms with Crippen molar-refractivity contribution in [1.82, 2.24) is 4.72 Å². The number of hydrogen-bond donors (Lipinski definition) is 1. The van der Waals surface area contributed by atoms with Gasteiger partial charge in [0.1, 0.15) is 13.2 Å². The Morgan fingerprint density at radius 2 is 1.68 bits per heavy atom. The van der Waals surface area contributed by atoms with E-state index in [1.807, 2.05) is 0 Å². The number of ether oxygens (including phenoxy) is 2. The molecule has 132 valence electrons. The zero-order valence-electron chi connectivity index (χ0n) is 14.0. The van der Waals surface area contributed by atoms with E-state index in [1.54, 1.807) is 25.1 Å². The maximum absolute atomic E-state index is 12.5. The summed E-state index contributed by atoms with van der Waals surface area (Å²) in [6.07, 6.45) is 0. The SMILES string of the molecule is CC(=O)c1ccc(S(=O)(=O)N[C@@H](C)c2ccc3c(c2)OCCO3)cc1. The molecule has 2 aromatic carbocycles. The van der Waals surface area contributed by atoms with E-state index in [1.165, 1.54) is 31.2 Å². The van der Waals surface area contributed by atoms with Gasteiger partial charge in [0.05, 0.1) is 4.90 Å². The number of fused-ring (bicyclic) bond motifs is 1. The maximum Gasteiger partial charge on any atom is 0.241 e. The van der Waals surface area contributed by atoms with Gasteiger partial charge in [-0.25, -0.2) is 13.1 Å². The molecule has 6 nitrogen and oxygen atoms in total. The highest BCUT2D eigenvalue weighted by atomic mass is 32.2. The number of carbonyl (C=O) groups excluding carboxylic acids is 1. The minimum Gasteiger partial charge on any atom is -0.486 e. The summed E-state index contributed by atoms with van der Waals surface area (Å²) in [4.78, 5) is 11.4. The van der Waals surface area contributed by atoms with Gasteiger partial charge in [-0.05, 0) is 43.7 Å². The van der Waals surface area contributed by atoms with Crippen LogP contribution < -0.4 is 14.2 Å². The second-order valence-corrected chi connectivity index (χ2v) is 7.54. The fraction of sp³-hybridized carbons (Fsp3) is 0.278. The molecule has 0 aromatic heterocycles. The molecular formula is C18H19NO5S. The van der Waals surface area contributed by atoms with E-state index in [0.29, 0.717) is 30.3 Å². The predicted molar refractivity (Wildman–Crippen MR) is 92.6 cm³/mol. The van der Waals surface area contributed by atoms with Gasteiger partial charge < -0.3 is 9.47 Å². The second-order valence-electron chi connectivity index (χ2n) is 5.83. The van der Waals surface area contributed by atoms with Crippen molar-refractivity contribution in [3.8, 4) is 11.5 Å². The van der Waals surface area contributed by atoms with Gasteiger partial charge >= 0.3 is 0 Å². The zero-order chi connectivity index (χ0) is 18.0. The molecule has 1 aliphatic heterocycles. The lowest BCUT2D eigenvalue weighted by Crippen LogP contribution is -2.27. The van der Waals surface area contributed by atoms with Crippen molar-refractivity contribution in [3.05, 3.63) is 53.6 Å². The monoisotopic (exact) mass is 361 g/mol. The van der Waals surface area contributed by atoms with Crippen LogP contribution in [0.4, 0.5) is 0 Å². The first-order valence-corrected chi connectivity index (χ1v) is 9.38. The van der Waals surface area contributed by atoms with Gasteiger partial charge in [0.2, 0.25) is 10.0 Å². The molecule has 1 heterocycles. The molecule has 7 heteroatoms. The van der Waals surface area contributed by atoms with Crippen molar-refractivity contribution in [2.75, 3.05) is 13.2 Å². The highest BCUT2D eigenvalue weighted by molar-refractivity contribution is 7.89. The largest absolute Gasteiger partial charge is 0.486 e. The summed E-state index contributed by atoms with van der Waals surface area (Å²) in [7, 11) is -3.70. The lowest BCUT2D eigenvalue weighted by molar-refractivity contribution is 0.101. The lowest BCUT2D eigenvalue weighted by atomic mass is 10.1. The summed E-state index contributed by atoms with van der Waals surface area (Å²) in [5.74, 6) is 1.16. The Bertz CT molecular complexity index is 890. The summed E-state index contributed by atoms with van der Waals surface area (Å²) >= 11 is 0. The van der Waals surface area contributed by atoms with Crippen molar-refractivity contribution in [1.29, 1.82) is 0 Å². The summed E-state index contributed by atoms with van der Waals surface area (Å²) in [6.45, 7) is 4.17. The minimum atomic E-state index is -3.70. The van der Waals surface area contributed by atoms with Crippen LogP contribution in [0.1, 0.15) is 35.8 Å². The molecule has 25 heavy (non-hydrogen) atoms. The molecule has 0 saturated carbocycles. The molecule has 1 atom stereocenters. The Labute approximate surface area is 146 Å². The highest BCUT2D eigenvalue weighted by Crippen LogP contribution is 2.32. The summed E-state index contributed by atoms with van der Waals surface area (Å²) < 4.78 is 38.7. The molecule has 0 fully saturated rings. The van der Waals surface area contributed by atoms with Crippen molar-refractivity contribution in [2.45, 2.75) is 24.8 Å². The molecule has 2 aromatic rings. The lowest BCUT2D eigenvalue weighted by Gasteiger charge is -2.21. The average Bonchev–Trinajstić information content (AvgIpc) is 2.61. The Kier molecular flexibility index (Phi) is 4.78. The Morgan fingerprint density at radius 1 is 1.04 bits per heavy atom. The third kappa shape index (κ3) is 3.83. The first kappa shape index (κ1) is 17.4. The van der Waals surface area contributed by atoms with Crippen LogP contribution in [0.3, 0.4) is 0 Å². The molecule has 0 amide bonds. The Hall–Kier alpha value is -2.38. The van der Waals surface area contributed by atoms with E-state index in [0.717, 1.165) is 5.56 Å². The van der Waals surface area contributed by atoms with Gasteiger partial charge in [0.15, 0.2) is 17.3 Å². The van der Waals surface area contributed by atoms with Crippen LogP contribution in [-0.4, -0.2) is 27.4 Å². The number of benzene rings is 2. The van der Waals surface area contributed by atoms with E-state index in [-0.39, 0.29) is 10.7 Å². The average molecular weight is 361 g/mol. The van der Waals surface area contributed by atoms with Crippen LogP contribution in [0.25, 0.3) is 0 Å². The Morgan fingerprint density at radius 3 is 2.32 bits per heavy atom. The van der Waals surface area contributed by atoms with E-state index in [9.17, 15) is 13.2 Å². The predicted octanol–water partition coefficient (Wildman–Crippen LogP) is 2.70. The number of Topliss-reactive ketones (excluding diaryl/α,β-unsaturated/α-hetero) is 1. The summed E-state index contributed by atoms with van der Waals surface area (Å²) in [5, 5.41) is 0. The fourth-order valence-electron chi connectivity index (χ4n) is 2.57. The van der Waals surface area contributed by atoms with E-state index in [2.05, 4.69) is 4.72 Å². The maximum atomic E-state index is 12.5. The molecule has 0 saturated heterocycles. The number of carbonyl (C=O) groups is 1. The number of nitrogens with one attached hydrogen (secondary N) is 1. The van der Waals surface area contributed by atoms with Gasteiger partial charge in [0.25, 0.3) is 0 Å². The van der Waals surface area contributed by atoms with Gasteiger partial charge in [0, 0.05) is 11.6 Å². The molecule has 3 rings (SSSR count). The molecule has 1 N–H and O–H groups in total. The van der Waals surface area contributed by atoms with Crippen LogP contribution in [-0.2, 0) is 10.0 Å². The van der Waals surface area contributed by atoms with Crippen molar-refractivity contribution < 1.29 is 22.7 Å². The van der Waals surface area contributed by atoms with Crippen LogP contribution >= 0.6 is 0 Å². The number of hydrogen-bond acceptors (Lipinski definition) is 5.